The molecule has 0 saturated carbocycles. The molecule has 0 bridgehead atoms. The van der Waals surface area contributed by atoms with E-state index < -0.39 is 17.2 Å². The van der Waals surface area contributed by atoms with Gasteiger partial charge in [0.1, 0.15) is 11.4 Å². The molecule has 4 aromatic rings. The Balaban J connectivity index is 1.48. The lowest BCUT2D eigenvalue weighted by Crippen LogP contribution is -2.42. The van der Waals surface area contributed by atoms with Gasteiger partial charge in [-0.25, -0.2) is 4.79 Å². The Morgan fingerprint density at radius 1 is 0.977 bits per heavy atom. The van der Waals surface area contributed by atoms with E-state index in [0.29, 0.717) is 31.0 Å². The third-order valence-corrected chi connectivity index (χ3v) is 8.08. The molecular weight excluding hydrogens is 560 g/mol. The number of rotatable bonds is 9. The van der Waals surface area contributed by atoms with Crippen LogP contribution in [-0.4, -0.2) is 45.6 Å². The van der Waals surface area contributed by atoms with Gasteiger partial charge in [0.05, 0.1) is 12.8 Å². The molecule has 1 fully saturated rings. The van der Waals surface area contributed by atoms with Crippen LogP contribution in [0.2, 0.25) is 0 Å². The quantitative estimate of drug-likeness (QED) is 0.270. The van der Waals surface area contributed by atoms with Crippen LogP contribution in [0.1, 0.15) is 39.9 Å². The Hall–Kier alpha value is -5.03. The van der Waals surface area contributed by atoms with Crippen LogP contribution in [0, 0.1) is 13.8 Å². The first-order chi connectivity index (χ1) is 21.1. The Bertz CT molecular complexity index is 1880. The Kier molecular flexibility index (Phi) is 8.77. The number of carbonyl (C=O) groups is 2. The zero-order valence-corrected chi connectivity index (χ0v) is 25.5. The van der Waals surface area contributed by atoms with Crippen LogP contribution < -0.4 is 31.9 Å². The summed E-state index contributed by atoms with van der Waals surface area (Å²) < 4.78 is 7.74. The fourth-order valence-electron chi connectivity index (χ4n) is 5.66. The molecule has 1 unspecified atom stereocenters. The van der Waals surface area contributed by atoms with E-state index in [2.05, 4.69) is 20.9 Å². The summed E-state index contributed by atoms with van der Waals surface area (Å²) in [5.74, 6) is -0.150. The van der Waals surface area contributed by atoms with Gasteiger partial charge in [-0.1, -0.05) is 42.5 Å². The molecule has 1 aliphatic rings. The number of hydrogen-bond donors (Lipinski definition) is 3. The summed E-state index contributed by atoms with van der Waals surface area (Å²) in [6.45, 7) is 4.99. The van der Waals surface area contributed by atoms with E-state index in [1.165, 1.54) is 18.7 Å². The van der Waals surface area contributed by atoms with Crippen molar-refractivity contribution in [2.24, 2.45) is 14.1 Å². The average molecular weight is 597 g/mol. The lowest BCUT2D eigenvalue weighted by molar-refractivity contribution is -0.119. The highest BCUT2D eigenvalue weighted by Gasteiger charge is 2.26. The van der Waals surface area contributed by atoms with Gasteiger partial charge in [0.2, 0.25) is 11.8 Å². The standard InChI is InChI=1S/C33H36N6O5/c1-19-9-6-7-10-23(19)24-11-8-12-25(20(24)2)29-28(32(42)39(4)33(43)38(29)3)30(41)36-26-15-13-21(31(37-26)44-5)17-34-18-22-14-16-27(40)35-22/h6-13,15,22,34H,14,16-18H2,1-5H3,(H,35,40)(H,36,37,41). The normalized spacial score (nSPS) is 14.4. The zero-order chi connectivity index (χ0) is 31.5. The first-order valence-corrected chi connectivity index (χ1v) is 14.4. The fraction of sp³-hybridized carbons (Fsp3) is 0.303. The van der Waals surface area contributed by atoms with Crippen molar-refractivity contribution in [2.45, 2.75) is 39.3 Å². The molecule has 0 aliphatic carbocycles. The van der Waals surface area contributed by atoms with E-state index >= 15 is 0 Å². The van der Waals surface area contributed by atoms with Gasteiger partial charge in [0, 0.05) is 50.8 Å². The number of aryl methyl sites for hydroxylation is 1. The molecule has 1 atom stereocenters. The number of carbonyl (C=O) groups excluding carboxylic acids is 2. The number of aromatic nitrogens is 3. The number of hydrogen-bond acceptors (Lipinski definition) is 7. The molecular formula is C33H36N6O5. The number of benzene rings is 2. The Morgan fingerprint density at radius 3 is 2.41 bits per heavy atom. The van der Waals surface area contributed by atoms with Crippen molar-refractivity contribution in [3.8, 4) is 28.3 Å². The highest BCUT2D eigenvalue weighted by molar-refractivity contribution is 6.08. The lowest BCUT2D eigenvalue weighted by atomic mass is 9.91. The molecule has 1 aliphatic heterocycles. The smallest absolute Gasteiger partial charge is 0.330 e. The Labute approximate surface area is 254 Å². The van der Waals surface area contributed by atoms with Crippen LogP contribution in [0.4, 0.5) is 5.82 Å². The topological polar surface area (TPSA) is 136 Å². The molecule has 5 rings (SSSR count). The highest BCUT2D eigenvalue weighted by Crippen LogP contribution is 2.34. The van der Waals surface area contributed by atoms with Crippen molar-refractivity contribution in [3.05, 3.63) is 97.7 Å². The molecule has 44 heavy (non-hydrogen) atoms. The van der Waals surface area contributed by atoms with Crippen LogP contribution in [0.25, 0.3) is 22.4 Å². The summed E-state index contributed by atoms with van der Waals surface area (Å²) in [4.78, 5) is 56.3. The van der Waals surface area contributed by atoms with Crippen LogP contribution >= 0.6 is 0 Å². The number of nitrogens with one attached hydrogen (secondary N) is 3. The van der Waals surface area contributed by atoms with E-state index in [1.807, 2.05) is 56.3 Å². The fourth-order valence-corrected chi connectivity index (χ4v) is 5.66. The SMILES string of the molecule is COc1nc(NC(=O)c2c(-c3cccc(-c4ccccc4C)c3C)n(C)c(=O)n(C)c2=O)ccc1CNCC1CCC(=O)N1. The predicted octanol–water partition coefficient (Wildman–Crippen LogP) is 3.06. The second-order valence-corrected chi connectivity index (χ2v) is 11.0. The van der Waals surface area contributed by atoms with Gasteiger partial charge in [-0.3, -0.25) is 23.5 Å². The van der Waals surface area contributed by atoms with Crippen molar-refractivity contribution in [3.63, 3.8) is 0 Å². The van der Waals surface area contributed by atoms with Crippen LogP contribution in [0.15, 0.2) is 64.2 Å². The minimum Gasteiger partial charge on any atom is -0.481 e. The summed E-state index contributed by atoms with van der Waals surface area (Å²) in [5.41, 5.74) is 4.00. The van der Waals surface area contributed by atoms with Crippen LogP contribution in [0.3, 0.4) is 0 Å². The maximum Gasteiger partial charge on any atom is 0.330 e. The first kappa shape index (κ1) is 30.4. The second kappa shape index (κ2) is 12.7. The second-order valence-electron chi connectivity index (χ2n) is 11.0. The largest absolute Gasteiger partial charge is 0.481 e. The third kappa shape index (κ3) is 5.91. The van der Waals surface area contributed by atoms with Gasteiger partial charge in [0.25, 0.3) is 11.5 Å². The minimum absolute atomic E-state index is 0.0572. The average Bonchev–Trinajstić information content (AvgIpc) is 3.43. The molecule has 1 saturated heterocycles. The van der Waals surface area contributed by atoms with Crippen molar-refractivity contribution < 1.29 is 14.3 Å². The summed E-state index contributed by atoms with van der Waals surface area (Å²) in [6.07, 6.45) is 1.32. The highest BCUT2D eigenvalue weighted by atomic mass is 16.5. The van der Waals surface area contributed by atoms with E-state index in [1.54, 1.807) is 19.2 Å². The molecule has 11 heteroatoms. The van der Waals surface area contributed by atoms with Crippen molar-refractivity contribution in [2.75, 3.05) is 19.0 Å². The first-order valence-electron chi connectivity index (χ1n) is 14.4. The van der Waals surface area contributed by atoms with Crippen LogP contribution in [0.5, 0.6) is 5.88 Å². The van der Waals surface area contributed by atoms with Gasteiger partial charge < -0.3 is 20.7 Å². The summed E-state index contributed by atoms with van der Waals surface area (Å²) in [5, 5.41) is 8.96. The molecule has 228 valence electrons. The van der Waals surface area contributed by atoms with Gasteiger partial charge >= 0.3 is 5.69 Å². The van der Waals surface area contributed by atoms with Crippen molar-refractivity contribution >= 4 is 17.6 Å². The van der Waals surface area contributed by atoms with Gasteiger partial charge in [-0.15, -0.1) is 0 Å². The molecule has 0 spiro atoms. The number of amides is 2. The van der Waals surface area contributed by atoms with E-state index in [-0.39, 0.29) is 29.0 Å². The summed E-state index contributed by atoms with van der Waals surface area (Å²) in [7, 11) is 4.38. The van der Waals surface area contributed by atoms with E-state index in [4.69, 9.17) is 4.74 Å². The third-order valence-electron chi connectivity index (χ3n) is 8.08. The van der Waals surface area contributed by atoms with Gasteiger partial charge in [0.15, 0.2) is 0 Å². The molecule has 0 radical (unpaired) electrons. The van der Waals surface area contributed by atoms with Crippen molar-refractivity contribution in [1.29, 1.82) is 0 Å². The van der Waals surface area contributed by atoms with E-state index in [9.17, 15) is 19.2 Å². The maximum absolute atomic E-state index is 13.8. The zero-order valence-electron chi connectivity index (χ0n) is 25.5. The molecule has 3 heterocycles. The Morgan fingerprint density at radius 2 is 1.70 bits per heavy atom. The number of methoxy groups -OCH3 is 1. The molecule has 3 N–H and O–H groups in total. The number of anilines is 1. The maximum atomic E-state index is 13.8. The van der Waals surface area contributed by atoms with Crippen LogP contribution in [-0.2, 0) is 25.4 Å². The number of pyridine rings is 1. The minimum atomic E-state index is -0.715. The van der Waals surface area contributed by atoms with Crippen molar-refractivity contribution in [1.82, 2.24) is 24.8 Å². The molecule has 2 aromatic carbocycles. The monoisotopic (exact) mass is 596 g/mol. The number of nitrogens with zero attached hydrogens (tertiary/aromatic N) is 3. The van der Waals surface area contributed by atoms with Gasteiger partial charge in [-0.2, -0.15) is 4.98 Å². The molecule has 2 aromatic heterocycles. The summed E-state index contributed by atoms with van der Waals surface area (Å²) >= 11 is 0. The number of ether oxygens (including phenoxy) is 1. The lowest BCUT2D eigenvalue weighted by Gasteiger charge is -2.19. The molecule has 2 amide bonds. The van der Waals surface area contributed by atoms with E-state index in [0.717, 1.165) is 38.8 Å². The predicted molar refractivity (Wildman–Crippen MR) is 169 cm³/mol. The summed E-state index contributed by atoms with van der Waals surface area (Å²) in [6, 6.07) is 17.1. The molecule has 11 nitrogen and oxygen atoms in total. The van der Waals surface area contributed by atoms with Gasteiger partial charge in [-0.05, 0) is 54.7 Å².